The van der Waals surface area contributed by atoms with Gasteiger partial charge in [-0.05, 0) is 12.1 Å². The maximum Gasteiger partial charge on any atom is 0.339 e. The van der Waals surface area contributed by atoms with Gasteiger partial charge in [-0.2, -0.15) is 4.31 Å². The quantitative estimate of drug-likeness (QED) is 0.774. The molecule has 1 fully saturated rings. The molecule has 1 aromatic rings. The molecule has 0 aromatic heterocycles. The number of morpholine rings is 1. The molecule has 2 rings (SSSR count). The van der Waals surface area contributed by atoms with Crippen molar-refractivity contribution in [2.75, 3.05) is 33.4 Å². The van der Waals surface area contributed by atoms with Gasteiger partial charge in [0.25, 0.3) is 0 Å². The zero-order valence-electron chi connectivity index (χ0n) is 11.1. The van der Waals surface area contributed by atoms with E-state index in [1.165, 1.54) is 23.5 Å². The third kappa shape index (κ3) is 3.32. The molecule has 0 radical (unpaired) electrons. The molecule has 1 aliphatic heterocycles. The zero-order chi connectivity index (χ0) is 15.6. The van der Waals surface area contributed by atoms with Crippen molar-refractivity contribution in [2.45, 2.75) is 4.90 Å². The Hall–Kier alpha value is -0.860. The predicted molar refractivity (Wildman–Crippen MR) is 77.4 cm³/mol. The second kappa shape index (κ2) is 6.50. The first-order valence-corrected chi connectivity index (χ1v) is 8.22. The number of esters is 1. The Balaban J connectivity index is 2.44. The number of methoxy groups -OCH3 is 1. The average Bonchev–Trinajstić information content (AvgIpc) is 2.49. The standard InChI is InChI=1S/C12H13Cl2NO5S/c1-19-12(16)8-6-10(14)11(7-9(8)13)21(17,18)15-2-4-20-5-3-15/h6-7H,2-5H2,1H3. The topological polar surface area (TPSA) is 72.9 Å². The van der Waals surface area contributed by atoms with E-state index in [2.05, 4.69) is 4.74 Å². The van der Waals surface area contributed by atoms with Crippen molar-refractivity contribution in [1.29, 1.82) is 0 Å². The van der Waals surface area contributed by atoms with Gasteiger partial charge in [-0.1, -0.05) is 23.2 Å². The van der Waals surface area contributed by atoms with Gasteiger partial charge in [0.15, 0.2) is 0 Å². The first kappa shape index (κ1) is 16.5. The first-order chi connectivity index (χ1) is 9.87. The zero-order valence-corrected chi connectivity index (χ0v) is 13.5. The molecule has 0 atom stereocenters. The number of halogens is 2. The number of carbonyl (C=O) groups excluding carboxylic acids is 1. The van der Waals surface area contributed by atoms with E-state index < -0.39 is 16.0 Å². The maximum atomic E-state index is 12.5. The summed E-state index contributed by atoms with van der Waals surface area (Å²) in [5, 5.41) is -0.107. The number of hydrogen-bond acceptors (Lipinski definition) is 5. The normalized spacial score (nSPS) is 16.7. The fourth-order valence-electron chi connectivity index (χ4n) is 1.92. The van der Waals surface area contributed by atoms with Crippen molar-refractivity contribution >= 4 is 39.2 Å². The van der Waals surface area contributed by atoms with Crippen molar-refractivity contribution in [3.8, 4) is 0 Å². The van der Waals surface area contributed by atoms with Gasteiger partial charge in [0.1, 0.15) is 4.90 Å². The lowest BCUT2D eigenvalue weighted by atomic mass is 10.2. The molecule has 1 heterocycles. The van der Waals surface area contributed by atoms with Crippen LogP contribution in [-0.2, 0) is 19.5 Å². The van der Waals surface area contributed by atoms with Crippen LogP contribution in [0, 0.1) is 0 Å². The number of ether oxygens (including phenoxy) is 2. The Morgan fingerprint density at radius 3 is 2.43 bits per heavy atom. The molecule has 0 bridgehead atoms. The van der Waals surface area contributed by atoms with Gasteiger partial charge in [0.2, 0.25) is 10.0 Å². The molecule has 0 saturated carbocycles. The highest BCUT2D eigenvalue weighted by molar-refractivity contribution is 7.89. The molecule has 0 unspecified atom stereocenters. The Kier molecular flexibility index (Phi) is 5.11. The molecule has 0 amide bonds. The van der Waals surface area contributed by atoms with E-state index in [4.69, 9.17) is 27.9 Å². The predicted octanol–water partition coefficient (Wildman–Crippen LogP) is 1.80. The molecule has 116 valence electrons. The van der Waals surface area contributed by atoms with Crippen LogP contribution < -0.4 is 0 Å². The second-order valence-corrected chi connectivity index (χ2v) is 6.99. The van der Waals surface area contributed by atoms with E-state index in [0.29, 0.717) is 13.2 Å². The van der Waals surface area contributed by atoms with Crippen molar-refractivity contribution in [2.24, 2.45) is 0 Å². The Morgan fingerprint density at radius 2 is 1.86 bits per heavy atom. The summed E-state index contributed by atoms with van der Waals surface area (Å²) in [5.41, 5.74) is 0.0186. The molecular formula is C12H13Cl2NO5S. The van der Waals surface area contributed by atoms with E-state index in [0.717, 1.165) is 0 Å². The van der Waals surface area contributed by atoms with Gasteiger partial charge in [0, 0.05) is 13.1 Å². The highest BCUT2D eigenvalue weighted by atomic mass is 35.5. The lowest BCUT2D eigenvalue weighted by molar-refractivity contribution is 0.0601. The largest absolute Gasteiger partial charge is 0.465 e. The van der Waals surface area contributed by atoms with Gasteiger partial charge in [-0.25, -0.2) is 13.2 Å². The van der Waals surface area contributed by atoms with Crippen LogP contribution in [0.5, 0.6) is 0 Å². The lowest BCUT2D eigenvalue weighted by Gasteiger charge is -2.26. The summed E-state index contributed by atoms with van der Waals surface area (Å²) in [6, 6.07) is 2.37. The summed E-state index contributed by atoms with van der Waals surface area (Å²) in [5.74, 6) is -0.683. The number of benzene rings is 1. The summed E-state index contributed by atoms with van der Waals surface area (Å²) in [6.07, 6.45) is 0. The van der Waals surface area contributed by atoms with Crippen LogP contribution in [0.2, 0.25) is 10.0 Å². The van der Waals surface area contributed by atoms with Crippen LogP contribution in [0.25, 0.3) is 0 Å². The van der Waals surface area contributed by atoms with Gasteiger partial charge >= 0.3 is 5.97 Å². The van der Waals surface area contributed by atoms with Gasteiger partial charge in [0.05, 0.1) is 35.9 Å². The van der Waals surface area contributed by atoms with Crippen molar-refractivity contribution in [1.82, 2.24) is 4.31 Å². The molecule has 6 nitrogen and oxygen atoms in total. The number of sulfonamides is 1. The molecule has 9 heteroatoms. The Morgan fingerprint density at radius 1 is 1.24 bits per heavy atom. The molecule has 1 aromatic carbocycles. The minimum Gasteiger partial charge on any atom is -0.465 e. The minimum absolute atomic E-state index is 0.0186. The fourth-order valence-corrected chi connectivity index (χ4v) is 4.16. The third-order valence-corrected chi connectivity index (χ3v) is 5.69. The second-order valence-electron chi connectivity index (χ2n) is 4.27. The Bertz CT molecular complexity index is 656. The van der Waals surface area contributed by atoms with Gasteiger partial charge in [-0.15, -0.1) is 0 Å². The van der Waals surface area contributed by atoms with Gasteiger partial charge < -0.3 is 9.47 Å². The molecule has 21 heavy (non-hydrogen) atoms. The van der Waals surface area contributed by atoms with E-state index in [1.807, 2.05) is 0 Å². The van der Waals surface area contributed by atoms with Crippen LogP contribution in [0.15, 0.2) is 17.0 Å². The van der Waals surface area contributed by atoms with Crippen LogP contribution in [0.3, 0.4) is 0 Å². The first-order valence-electron chi connectivity index (χ1n) is 6.03. The molecule has 1 saturated heterocycles. The van der Waals surface area contributed by atoms with E-state index in [9.17, 15) is 13.2 Å². The van der Waals surface area contributed by atoms with Crippen LogP contribution in [0.1, 0.15) is 10.4 Å². The van der Waals surface area contributed by atoms with E-state index in [-0.39, 0.29) is 33.6 Å². The molecular weight excluding hydrogens is 341 g/mol. The smallest absolute Gasteiger partial charge is 0.339 e. The third-order valence-electron chi connectivity index (χ3n) is 3.01. The molecule has 0 aliphatic carbocycles. The van der Waals surface area contributed by atoms with Crippen molar-refractivity contribution < 1.29 is 22.7 Å². The SMILES string of the molecule is COC(=O)c1cc(Cl)c(S(=O)(=O)N2CCOCC2)cc1Cl. The van der Waals surface area contributed by atoms with Crippen molar-refractivity contribution in [3.63, 3.8) is 0 Å². The molecule has 1 aliphatic rings. The van der Waals surface area contributed by atoms with E-state index >= 15 is 0 Å². The van der Waals surface area contributed by atoms with Crippen LogP contribution in [-0.4, -0.2) is 52.1 Å². The highest BCUT2D eigenvalue weighted by Gasteiger charge is 2.29. The highest BCUT2D eigenvalue weighted by Crippen LogP contribution is 2.31. The summed E-state index contributed by atoms with van der Waals surface area (Å²) in [7, 11) is -2.58. The van der Waals surface area contributed by atoms with E-state index in [1.54, 1.807) is 0 Å². The van der Waals surface area contributed by atoms with Crippen LogP contribution in [0.4, 0.5) is 0 Å². The summed E-state index contributed by atoms with van der Waals surface area (Å²) in [4.78, 5) is 11.4. The monoisotopic (exact) mass is 353 g/mol. The lowest BCUT2D eigenvalue weighted by Crippen LogP contribution is -2.40. The Labute approximate surface area is 132 Å². The molecule has 0 N–H and O–H groups in total. The summed E-state index contributed by atoms with van der Waals surface area (Å²) < 4.78 is 36.0. The number of rotatable bonds is 3. The van der Waals surface area contributed by atoms with Gasteiger partial charge in [-0.3, -0.25) is 0 Å². The number of carbonyl (C=O) groups is 1. The number of nitrogens with zero attached hydrogens (tertiary/aromatic N) is 1. The number of hydrogen-bond donors (Lipinski definition) is 0. The summed E-state index contributed by atoms with van der Waals surface area (Å²) >= 11 is 12.0. The average molecular weight is 354 g/mol. The van der Waals surface area contributed by atoms with Crippen molar-refractivity contribution in [3.05, 3.63) is 27.7 Å². The maximum absolute atomic E-state index is 12.5. The molecule has 0 spiro atoms. The minimum atomic E-state index is -3.78. The fraction of sp³-hybridized carbons (Fsp3) is 0.417. The summed E-state index contributed by atoms with van der Waals surface area (Å²) in [6.45, 7) is 1.14. The van der Waals surface area contributed by atoms with Crippen LogP contribution >= 0.6 is 23.2 Å².